The van der Waals surface area contributed by atoms with Crippen LogP contribution in [0, 0.1) is 5.92 Å². The fraction of sp³-hybridized carbons (Fsp3) is 0.714. The molecule has 1 aliphatic heterocycles. The lowest BCUT2D eigenvalue weighted by Crippen LogP contribution is -2.23. The van der Waals surface area contributed by atoms with Crippen molar-refractivity contribution in [1.82, 2.24) is 5.32 Å². The zero-order valence-corrected chi connectivity index (χ0v) is 7.16. The van der Waals surface area contributed by atoms with E-state index in [1.807, 2.05) is 0 Å². The fourth-order valence-corrected chi connectivity index (χ4v) is 1.09. The first-order valence-electron chi connectivity index (χ1n) is 3.51. The number of hydrogen-bond acceptors (Lipinski definition) is 2. The molecule has 0 aliphatic carbocycles. The third-order valence-electron chi connectivity index (χ3n) is 1.30. The van der Waals surface area contributed by atoms with E-state index in [0.29, 0.717) is 12.5 Å². The molecule has 0 fully saturated rings. The summed E-state index contributed by atoms with van der Waals surface area (Å²) >= 11 is 4.92. The highest BCUT2D eigenvalue weighted by Gasteiger charge is 2.10. The molecule has 0 aromatic carbocycles. The summed E-state index contributed by atoms with van der Waals surface area (Å²) in [5, 5.41) is 3.07. The topological polar surface area (TPSA) is 24.4 Å². The quantitative estimate of drug-likeness (QED) is 0.610. The van der Waals surface area contributed by atoms with Gasteiger partial charge in [-0.3, -0.25) is 4.99 Å². The minimum absolute atomic E-state index is 0.659. The van der Waals surface area contributed by atoms with Gasteiger partial charge in [0.1, 0.15) is 10.8 Å². The van der Waals surface area contributed by atoms with Crippen LogP contribution < -0.4 is 5.32 Å². The Hall–Kier alpha value is -0.440. The second kappa shape index (κ2) is 3.10. The Kier molecular flexibility index (Phi) is 2.38. The van der Waals surface area contributed by atoms with Crippen molar-refractivity contribution in [2.45, 2.75) is 20.3 Å². The number of amidine groups is 1. The van der Waals surface area contributed by atoms with Crippen molar-refractivity contribution < 1.29 is 0 Å². The average Bonchev–Trinajstić information content (AvgIpc) is 2.13. The first-order chi connectivity index (χ1) is 4.68. The Bertz CT molecular complexity index is 172. The van der Waals surface area contributed by atoms with Gasteiger partial charge in [-0.1, -0.05) is 26.1 Å². The predicted molar refractivity (Wildman–Crippen MR) is 47.5 cm³/mol. The second-order valence-corrected chi connectivity index (χ2v) is 3.40. The molecule has 0 aromatic rings. The van der Waals surface area contributed by atoms with Gasteiger partial charge < -0.3 is 5.32 Å². The summed E-state index contributed by atoms with van der Waals surface area (Å²) in [7, 11) is 0. The number of rotatable bonds is 2. The number of thiocarbonyl (C=S) groups is 1. The lowest BCUT2D eigenvalue weighted by atomic mass is 10.1. The van der Waals surface area contributed by atoms with Gasteiger partial charge in [-0.25, -0.2) is 0 Å². The second-order valence-electron chi connectivity index (χ2n) is 2.91. The van der Waals surface area contributed by atoms with Crippen molar-refractivity contribution in [3.8, 4) is 0 Å². The zero-order chi connectivity index (χ0) is 7.56. The smallest absolute Gasteiger partial charge is 0.102 e. The molecule has 1 aliphatic rings. The van der Waals surface area contributed by atoms with Crippen LogP contribution in [0.5, 0.6) is 0 Å². The van der Waals surface area contributed by atoms with Gasteiger partial charge in [0.25, 0.3) is 0 Å². The summed E-state index contributed by atoms with van der Waals surface area (Å²) in [5.41, 5.74) is 0. The molecule has 56 valence electrons. The minimum atomic E-state index is 0.659. The van der Waals surface area contributed by atoms with Crippen molar-refractivity contribution in [3.63, 3.8) is 0 Å². The zero-order valence-electron chi connectivity index (χ0n) is 6.35. The summed E-state index contributed by atoms with van der Waals surface area (Å²) in [5.74, 6) is 1.71. The van der Waals surface area contributed by atoms with E-state index >= 15 is 0 Å². The van der Waals surface area contributed by atoms with Crippen molar-refractivity contribution >= 4 is 23.0 Å². The molecule has 0 spiro atoms. The summed E-state index contributed by atoms with van der Waals surface area (Å²) < 4.78 is 0. The van der Waals surface area contributed by atoms with Crippen LogP contribution in [0.2, 0.25) is 0 Å². The molecular formula is C7H12N2S. The van der Waals surface area contributed by atoms with Crippen molar-refractivity contribution in [2.75, 3.05) is 6.54 Å². The molecule has 0 bridgehead atoms. The van der Waals surface area contributed by atoms with Crippen LogP contribution in [-0.2, 0) is 0 Å². The number of nitrogens with zero attached hydrogens (tertiary/aromatic N) is 1. The largest absolute Gasteiger partial charge is 0.337 e. The molecule has 0 atom stereocenters. The van der Waals surface area contributed by atoms with Crippen LogP contribution in [0.1, 0.15) is 20.3 Å². The van der Waals surface area contributed by atoms with Crippen LogP contribution in [-0.4, -0.2) is 17.4 Å². The van der Waals surface area contributed by atoms with E-state index in [-0.39, 0.29) is 0 Å². The van der Waals surface area contributed by atoms with Crippen LogP contribution in [0.25, 0.3) is 0 Å². The lowest BCUT2D eigenvalue weighted by molar-refractivity contribution is 0.678. The third kappa shape index (κ3) is 2.06. The molecule has 1 N–H and O–H groups in total. The van der Waals surface area contributed by atoms with E-state index in [1.54, 1.807) is 0 Å². The van der Waals surface area contributed by atoms with Crippen molar-refractivity contribution in [1.29, 1.82) is 0 Å². The Labute approximate surface area is 66.7 Å². The highest BCUT2D eigenvalue weighted by molar-refractivity contribution is 7.80. The Morgan fingerprint density at radius 2 is 2.40 bits per heavy atom. The molecule has 0 radical (unpaired) electrons. The van der Waals surface area contributed by atoms with Gasteiger partial charge in [-0.15, -0.1) is 0 Å². The molecule has 2 nitrogen and oxygen atoms in total. The normalized spacial score (nSPS) is 17.5. The van der Waals surface area contributed by atoms with Gasteiger partial charge in [0.05, 0.1) is 6.54 Å². The molecular weight excluding hydrogens is 144 g/mol. The molecule has 1 rings (SSSR count). The molecule has 3 heteroatoms. The van der Waals surface area contributed by atoms with E-state index < -0.39 is 0 Å². The van der Waals surface area contributed by atoms with Crippen LogP contribution >= 0.6 is 12.2 Å². The Morgan fingerprint density at radius 1 is 1.70 bits per heavy atom. The van der Waals surface area contributed by atoms with E-state index in [1.165, 1.54) is 0 Å². The van der Waals surface area contributed by atoms with Gasteiger partial charge in [0, 0.05) is 6.42 Å². The van der Waals surface area contributed by atoms with Crippen LogP contribution in [0.3, 0.4) is 0 Å². The van der Waals surface area contributed by atoms with E-state index in [4.69, 9.17) is 12.2 Å². The molecule has 0 amide bonds. The highest BCUT2D eigenvalue weighted by atomic mass is 32.1. The number of aliphatic imine (C=N–C) groups is 1. The monoisotopic (exact) mass is 156 g/mol. The molecule has 0 saturated carbocycles. The molecule has 10 heavy (non-hydrogen) atoms. The maximum atomic E-state index is 4.92. The van der Waals surface area contributed by atoms with Gasteiger partial charge in [-0.2, -0.15) is 0 Å². The van der Waals surface area contributed by atoms with Crippen LogP contribution in [0.15, 0.2) is 4.99 Å². The summed E-state index contributed by atoms with van der Waals surface area (Å²) in [6.45, 7) is 5.04. The summed E-state index contributed by atoms with van der Waals surface area (Å²) in [6, 6.07) is 0. The van der Waals surface area contributed by atoms with Crippen molar-refractivity contribution in [2.24, 2.45) is 10.9 Å². The van der Waals surface area contributed by atoms with Gasteiger partial charge in [0.15, 0.2) is 0 Å². The highest BCUT2D eigenvalue weighted by Crippen LogP contribution is 2.03. The summed E-state index contributed by atoms with van der Waals surface area (Å²) in [4.78, 5) is 5.08. The predicted octanol–water partition coefficient (Wildman–Crippen LogP) is 1.36. The molecule has 0 saturated heterocycles. The molecule has 0 unspecified atom stereocenters. The average molecular weight is 156 g/mol. The lowest BCUT2D eigenvalue weighted by Gasteiger charge is -2.03. The number of hydrogen-bond donors (Lipinski definition) is 1. The van der Waals surface area contributed by atoms with E-state index in [2.05, 4.69) is 24.2 Å². The standard InChI is InChI=1S/C7H12N2S/c1-5(2)3-6-8-4-7(10)9-6/h5H,3-4H2,1-2H3,(H,8,9,10). The Morgan fingerprint density at radius 3 is 2.80 bits per heavy atom. The van der Waals surface area contributed by atoms with E-state index in [9.17, 15) is 0 Å². The molecule has 1 heterocycles. The van der Waals surface area contributed by atoms with E-state index in [0.717, 1.165) is 17.2 Å². The maximum absolute atomic E-state index is 4.92. The minimum Gasteiger partial charge on any atom is -0.337 e. The number of nitrogens with one attached hydrogen (secondary N) is 1. The first-order valence-corrected chi connectivity index (χ1v) is 3.92. The first kappa shape index (κ1) is 7.66. The van der Waals surface area contributed by atoms with Gasteiger partial charge in [-0.05, 0) is 5.92 Å². The maximum Gasteiger partial charge on any atom is 0.102 e. The Balaban J connectivity index is 2.37. The van der Waals surface area contributed by atoms with Gasteiger partial charge >= 0.3 is 0 Å². The molecule has 0 aromatic heterocycles. The third-order valence-corrected chi connectivity index (χ3v) is 1.53. The fourth-order valence-electron chi connectivity index (χ4n) is 0.910. The summed E-state index contributed by atoms with van der Waals surface area (Å²) in [6.07, 6.45) is 1.01. The SMILES string of the molecule is CC(C)CC1=NCC(=S)N1. The van der Waals surface area contributed by atoms with Crippen LogP contribution in [0.4, 0.5) is 0 Å². The van der Waals surface area contributed by atoms with Gasteiger partial charge in [0.2, 0.25) is 0 Å². The van der Waals surface area contributed by atoms with Crippen molar-refractivity contribution in [3.05, 3.63) is 0 Å².